The summed E-state index contributed by atoms with van der Waals surface area (Å²) in [4.78, 5) is 0. The van der Waals surface area contributed by atoms with Gasteiger partial charge in [-0.25, -0.2) is 0 Å². The molecule has 15 heavy (non-hydrogen) atoms. The molecule has 1 aliphatic rings. The highest BCUT2D eigenvalue weighted by atomic mass is 16.5. The molecule has 1 unspecified atom stereocenters. The molecule has 0 spiro atoms. The third-order valence-electron chi connectivity index (χ3n) is 2.67. The maximum atomic E-state index is 5.71. The van der Waals surface area contributed by atoms with E-state index in [9.17, 15) is 0 Å². The fourth-order valence-electron chi connectivity index (χ4n) is 1.60. The molecule has 1 atom stereocenters. The van der Waals surface area contributed by atoms with E-state index in [1.165, 1.54) is 5.57 Å². The van der Waals surface area contributed by atoms with E-state index >= 15 is 0 Å². The van der Waals surface area contributed by atoms with Crippen LogP contribution in [0.15, 0.2) is 23.5 Å². The highest BCUT2D eigenvalue weighted by Crippen LogP contribution is 2.19. The summed E-state index contributed by atoms with van der Waals surface area (Å²) in [5.74, 6) is 1.71. The predicted molar refractivity (Wildman–Crippen MR) is 62.7 cm³/mol. The van der Waals surface area contributed by atoms with Gasteiger partial charge in [0.15, 0.2) is 0 Å². The van der Waals surface area contributed by atoms with E-state index in [2.05, 4.69) is 26.0 Å². The number of methoxy groups -OCH3 is 1. The number of hydrogen-bond acceptors (Lipinski definition) is 2. The summed E-state index contributed by atoms with van der Waals surface area (Å²) in [6.45, 7) is 5.98. The Morgan fingerprint density at radius 1 is 1.33 bits per heavy atom. The van der Waals surface area contributed by atoms with Gasteiger partial charge < -0.3 is 9.47 Å². The first-order valence-electron chi connectivity index (χ1n) is 5.70. The molecule has 0 fully saturated rings. The van der Waals surface area contributed by atoms with Crippen LogP contribution in [0.1, 0.15) is 33.1 Å². The van der Waals surface area contributed by atoms with Gasteiger partial charge in [-0.05, 0) is 31.8 Å². The lowest BCUT2D eigenvalue weighted by molar-refractivity contribution is 0.127. The standard InChI is InChI=1S/C13H22O2/c1-11-4-6-13(7-5-11)15-9-8-12(2)10-14-3/h4,6,12H,5,7-10H2,1-3H3. The van der Waals surface area contributed by atoms with Crippen molar-refractivity contribution in [3.8, 4) is 0 Å². The molecular formula is C13H22O2. The average Bonchev–Trinajstić information content (AvgIpc) is 2.21. The molecule has 0 N–H and O–H groups in total. The molecule has 0 aromatic carbocycles. The fourth-order valence-corrected chi connectivity index (χ4v) is 1.60. The summed E-state index contributed by atoms with van der Waals surface area (Å²) < 4.78 is 10.8. The molecule has 1 aliphatic carbocycles. The van der Waals surface area contributed by atoms with Gasteiger partial charge in [0.05, 0.1) is 12.4 Å². The van der Waals surface area contributed by atoms with Crippen LogP contribution in [0.2, 0.25) is 0 Å². The largest absolute Gasteiger partial charge is 0.498 e. The number of allylic oxidation sites excluding steroid dienone is 4. The lowest BCUT2D eigenvalue weighted by Crippen LogP contribution is -2.08. The van der Waals surface area contributed by atoms with Crippen LogP contribution in [0.3, 0.4) is 0 Å². The normalized spacial score (nSPS) is 18.1. The second-order valence-corrected chi connectivity index (χ2v) is 4.34. The van der Waals surface area contributed by atoms with Gasteiger partial charge in [-0.3, -0.25) is 0 Å². The lowest BCUT2D eigenvalue weighted by Gasteiger charge is -2.15. The first-order valence-corrected chi connectivity index (χ1v) is 5.70. The van der Waals surface area contributed by atoms with E-state index < -0.39 is 0 Å². The lowest BCUT2D eigenvalue weighted by atomic mass is 10.1. The molecule has 0 aromatic heterocycles. The SMILES string of the molecule is COCC(C)CCOC1=CC=C(C)CC1. The Hall–Kier alpha value is -0.760. The molecule has 0 heterocycles. The van der Waals surface area contributed by atoms with E-state index in [1.54, 1.807) is 7.11 Å². The summed E-state index contributed by atoms with van der Waals surface area (Å²) in [6, 6.07) is 0. The number of hydrogen-bond donors (Lipinski definition) is 0. The second-order valence-electron chi connectivity index (χ2n) is 4.34. The molecule has 0 saturated heterocycles. The van der Waals surface area contributed by atoms with Crippen LogP contribution in [0.5, 0.6) is 0 Å². The smallest absolute Gasteiger partial charge is 0.0962 e. The molecule has 0 radical (unpaired) electrons. The second kappa shape index (κ2) is 6.67. The van der Waals surface area contributed by atoms with Crippen molar-refractivity contribution in [2.45, 2.75) is 33.1 Å². The minimum Gasteiger partial charge on any atom is -0.498 e. The monoisotopic (exact) mass is 210 g/mol. The van der Waals surface area contributed by atoms with Crippen molar-refractivity contribution in [3.05, 3.63) is 23.5 Å². The molecule has 0 aromatic rings. The highest BCUT2D eigenvalue weighted by Gasteiger charge is 2.06. The first kappa shape index (κ1) is 12.3. The zero-order valence-corrected chi connectivity index (χ0v) is 10.1. The Balaban J connectivity index is 2.15. The van der Waals surface area contributed by atoms with Crippen LogP contribution in [-0.4, -0.2) is 20.3 Å². The maximum absolute atomic E-state index is 5.71. The van der Waals surface area contributed by atoms with Crippen molar-refractivity contribution in [2.24, 2.45) is 5.92 Å². The van der Waals surface area contributed by atoms with Crippen molar-refractivity contribution < 1.29 is 9.47 Å². The zero-order chi connectivity index (χ0) is 11.1. The van der Waals surface area contributed by atoms with Crippen molar-refractivity contribution in [3.63, 3.8) is 0 Å². The molecule has 2 nitrogen and oxygen atoms in total. The van der Waals surface area contributed by atoms with Gasteiger partial charge in [0.2, 0.25) is 0 Å². The average molecular weight is 210 g/mol. The molecule has 86 valence electrons. The summed E-state index contributed by atoms with van der Waals surface area (Å²) in [5, 5.41) is 0. The molecule has 0 aliphatic heterocycles. The van der Waals surface area contributed by atoms with E-state index in [0.29, 0.717) is 5.92 Å². The van der Waals surface area contributed by atoms with Crippen molar-refractivity contribution in [1.82, 2.24) is 0 Å². The molecule has 0 saturated carbocycles. The third kappa shape index (κ3) is 5.03. The quantitative estimate of drug-likeness (QED) is 0.669. The van der Waals surface area contributed by atoms with Gasteiger partial charge in [-0.1, -0.05) is 18.6 Å². The predicted octanol–water partition coefficient (Wildman–Crippen LogP) is 3.30. The van der Waals surface area contributed by atoms with Crippen molar-refractivity contribution >= 4 is 0 Å². The summed E-state index contributed by atoms with van der Waals surface area (Å²) >= 11 is 0. The van der Waals surface area contributed by atoms with Crippen LogP contribution >= 0.6 is 0 Å². The van der Waals surface area contributed by atoms with E-state index in [-0.39, 0.29) is 0 Å². The van der Waals surface area contributed by atoms with Gasteiger partial charge in [0.1, 0.15) is 0 Å². The van der Waals surface area contributed by atoms with E-state index in [0.717, 1.165) is 38.2 Å². The maximum Gasteiger partial charge on any atom is 0.0962 e. The first-order chi connectivity index (χ1) is 7.22. The Morgan fingerprint density at radius 3 is 2.73 bits per heavy atom. The van der Waals surface area contributed by atoms with Gasteiger partial charge in [0, 0.05) is 20.1 Å². The molecular weight excluding hydrogens is 188 g/mol. The molecule has 0 bridgehead atoms. The Morgan fingerprint density at radius 2 is 2.13 bits per heavy atom. The zero-order valence-electron chi connectivity index (χ0n) is 10.1. The van der Waals surface area contributed by atoms with Gasteiger partial charge in [-0.2, -0.15) is 0 Å². The highest BCUT2D eigenvalue weighted by molar-refractivity contribution is 5.19. The van der Waals surface area contributed by atoms with E-state index in [4.69, 9.17) is 9.47 Å². The number of rotatable bonds is 6. The minimum absolute atomic E-state index is 0.580. The Bertz CT molecular complexity index is 241. The van der Waals surface area contributed by atoms with Crippen molar-refractivity contribution in [1.29, 1.82) is 0 Å². The van der Waals surface area contributed by atoms with Crippen LogP contribution in [-0.2, 0) is 9.47 Å². The Kier molecular flexibility index (Phi) is 5.48. The topological polar surface area (TPSA) is 18.5 Å². The van der Waals surface area contributed by atoms with Crippen LogP contribution in [0, 0.1) is 5.92 Å². The fraction of sp³-hybridized carbons (Fsp3) is 0.692. The molecule has 0 amide bonds. The van der Waals surface area contributed by atoms with Gasteiger partial charge in [0.25, 0.3) is 0 Å². The number of ether oxygens (including phenoxy) is 2. The van der Waals surface area contributed by atoms with Gasteiger partial charge in [-0.15, -0.1) is 0 Å². The molecule has 1 rings (SSSR count). The van der Waals surface area contributed by atoms with E-state index in [1.807, 2.05) is 0 Å². The Labute approximate surface area is 93.0 Å². The summed E-state index contributed by atoms with van der Waals surface area (Å²) in [5.41, 5.74) is 1.44. The van der Waals surface area contributed by atoms with Crippen molar-refractivity contribution in [2.75, 3.05) is 20.3 Å². The van der Waals surface area contributed by atoms with Crippen LogP contribution in [0.25, 0.3) is 0 Å². The third-order valence-corrected chi connectivity index (χ3v) is 2.67. The summed E-state index contributed by atoms with van der Waals surface area (Å²) in [7, 11) is 1.74. The van der Waals surface area contributed by atoms with Crippen LogP contribution < -0.4 is 0 Å². The van der Waals surface area contributed by atoms with Crippen LogP contribution in [0.4, 0.5) is 0 Å². The minimum atomic E-state index is 0.580. The van der Waals surface area contributed by atoms with Gasteiger partial charge >= 0.3 is 0 Å². The summed E-state index contributed by atoms with van der Waals surface area (Å²) in [6.07, 6.45) is 7.51. The molecule has 2 heteroatoms.